The molecule has 4 heteroatoms. The van der Waals surface area contributed by atoms with Gasteiger partial charge in [0.1, 0.15) is 5.37 Å². The molecule has 0 radical (unpaired) electrons. The lowest BCUT2D eigenvalue weighted by atomic mass is 10.1. The van der Waals surface area contributed by atoms with Gasteiger partial charge < -0.3 is 0 Å². The zero-order chi connectivity index (χ0) is 17.6. The molecule has 0 spiro atoms. The predicted octanol–water partition coefficient (Wildman–Crippen LogP) is 5.02. The average molecular weight is 348 g/mol. The molecule has 1 amide bonds. The summed E-state index contributed by atoms with van der Waals surface area (Å²) in [6.45, 7) is 6.13. The number of nitrogens with zero attached hydrogens (tertiary/aromatic N) is 2. The van der Waals surface area contributed by atoms with Crippen molar-refractivity contribution in [3.63, 3.8) is 0 Å². The quantitative estimate of drug-likeness (QED) is 0.652. The molecule has 25 heavy (non-hydrogen) atoms. The van der Waals surface area contributed by atoms with Crippen molar-refractivity contribution in [1.29, 1.82) is 0 Å². The number of fused-ring (bicyclic) bond motifs is 1. The molecule has 0 saturated carbocycles. The lowest BCUT2D eigenvalue weighted by Gasteiger charge is -2.26. The predicted molar refractivity (Wildman–Crippen MR) is 105 cm³/mol. The van der Waals surface area contributed by atoms with Crippen LogP contribution in [0.4, 0.5) is 5.69 Å². The molecule has 3 aromatic rings. The van der Waals surface area contributed by atoms with E-state index in [-0.39, 0.29) is 16.5 Å². The number of para-hydroxylation sites is 1. The van der Waals surface area contributed by atoms with E-state index in [1.807, 2.05) is 30.2 Å². The van der Waals surface area contributed by atoms with Crippen molar-refractivity contribution >= 4 is 34.3 Å². The fraction of sp³-hybridized carbons (Fsp3) is 0.238. The van der Waals surface area contributed by atoms with Crippen LogP contribution in [-0.2, 0) is 4.79 Å². The van der Waals surface area contributed by atoms with Gasteiger partial charge in [-0.25, -0.2) is 0 Å². The number of amides is 1. The van der Waals surface area contributed by atoms with Crippen molar-refractivity contribution in [2.45, 2.75) is 31.4 Å². The molecule has 1 saturated heterocycles. The Morgan fingerprint density at radius 3 is 2.68 bits per heavy atom. The number of hydrogen-bond donors (Lipinski definition) is 0. The molecule has 0 N–H and O–H groups in total. The van der Waals surface area contributed by atoms with Crippen LogP contribution in [-0.4, -0.2) is 16.1 Å². The largest absolute Gasteiger partial charge is 0.294 e. The molecule has 2 unspecified atom stereocenters. The van der Waals surface area contributed by atoms with E-state index in [2.05, 4.69) is 55.2 Å². The Balaban J connectivity index is 1.88. The van der Waals surface area contributed by atoms with Crippen LogP contribution in [0, 0.1) is 13.8 Å². The number of carbonyl (C=O) groups is 1. The highest BCUT2D eigenvalue weighted by Gasteiger charge is 2.40. The summed E-state index contributed by atoms with van der Waals surface area (Å²) in [6, 6.07) is 16.5. The highest BCUT2D eigenvalue weighted by Crippen LogP contribution is 2.47. The first-order valence-electron chi connectivity index (χ1n) is 8.45. The summed E-state index contributed by atoms with van der Waals surface area (Å²) in [5, 5.41) is 0.986. The maximum absolute atomic E-state index is 12.9. The first-order valence-corrected chi connectivity index (χ1v) is 9.40. The first-order chi connectivity index (χ1) is 12.1. The maximum atomic E-state index is 12.9. The zero-order valence-corrected chi connectivity index (χ0v) is 15.4. The van der Waals surface area contributed by atoms with Crippen LogP contribution in [0.3, 0.4) is 0 Å². The third-order valence-electron chi connectivity index (χ3n) is 4.69. The molecule has 1 aliphatic rings. The van der Waals surface area contributed by atoms with E-state index in [4.69, 9.17) is 0 Å². The highest BCUT2D eigenvalue weighted by molar-refractivity contribution is 8.01. The number of anilines is 1. The van der Waals surface area contributed by atoms with Crippen LogP contribution in [0.25, 0.3) is 10.9 Å². The topological polar surface area (TPSA) is 33.2 Å². The molecule has 0 bridgehead atoms. The SMILES string of the molecule is Cc1ccc(N2C(=O)C(C)SC2c2cccc3cccnc23)c(C)c1. The summed E-state index contributed by atoms with van der Waals surface area (Å²) in [7, 11) is 0. The standard InChI is InChI=1S/C21H20N2OS/c1-13-9-10-18(14(2)12-13)23-20(24)15(3)25-21(23)17-8-4-6-16-7-5-11-22-19(16)17/h4-12,15,21H,1-3H3. The van der Waals surface area contributed by atoms with Gasteiger partial charge in [-0.05, 0) is 38.5 Å². The van der Waals surface area contributed by atoms with Crippen LogP contribution in [0.15, 0.2) is 54.7 Å². The Morgan fingerprint density at radius 1 is 1.08 bits per heavy atom. The van der Waals surface area contributed by atoms with E-state index in [1.165, 1.54) is 5.56 Å². The molecule has 3 nitrogen and oxygen atoms in total. The number of thioether (sulfide) groups is 1. The number of aryl methyl sites for hydroxylation is 2. The Labute approximate surface area is 152 Å². The van der Waals surface area contributed by atoms with Gasteiger partial charge in [-0.3, -0.25) is 14.7 Å². The number of carbonyl (C=O) groups excluding carboxylic acids is 1. The number of pyridine rings is 1. The molecule has 4 rings (SSSR count). The van der Waals surface area contributed by atoms with Crippen molar-refractivity contribution in [3.8, 4) is 0 Å². The second kappa shape index (κ2) is 6.19. The number of benzene rings is 2. The number of rotatable bonds is 2. The maximum Gasteiger partial charge on any atom is 0.241 e. The number of hydrogen-bond acceptors (Lipinski definition) is 3. The van der Waals surface area contributed by atoms with E-state index in [1.54, 1.807) is 11.8 Å². The van der Waals surface area contributed by atoms with Gasteiger partial charge in [0.25, 0.3) is 0 Å². The molecule has 1 aliphatic heterocycles. The number of aromatic nitrogens is 1. The summed E-state index contributed by atoms with van der Waals surface area (Å²) < 4.78 is 0. The van der Waals surface area contributed by atoms with Crippen molar-refractivity contribution < 1.29 is 4.79 Å². The zero-order valence-electron chi connectivity index (χ0n) is 14.6. The van der Waals surface area contributed by atoms with Gasteiger partial charge in [0, 0.05) is 22.8 Å². The van der Waals surface area contributed by atoms with E-state index in [0.717, 1.165) is 27.7 Å². The van der Waals surface area contributed by atoms with Crippen LogP contribution in [0.2, 0.25) is 0 Å². The molecule has 0 aliphatic carbocycles. The molecule has 2 heterocycles. The van der Waals surface area contributed by atoms with Gasteiger partial charge in [0.2, 0.25) is 5.91 Å². The van der Waals surface area contributed by atoms with E-state index in [9.17, 15) is 4.79 Å². The Morgan fingerprint density at radius 2 is 1.88 bits per heavy atom. The smallest absolute Gasteiger partial charge is 0.241 e. The van der Waals surface area contributed by atoms with Crippen LogP contribution in [0.1, 0.15) is 29.0 Å². The average Bonchev–Trinajstić information content (AvgIpc) is 2.90. The van der Waals surface area contributed by atoms with Gasteiger partial charge in [0.15, 0.2) is 0 Å². The lowest BCUT2D eigenvalue weighted by molar-refractivity contribution is -0.117. The van der Waals surface area contributed by atoms with Gasteiger partial charge in [-0.2, -0.15) is 0 Å². The fourth-order valence-electron chi connectivity index (χ4n) is 3.48. The molecule has 2 aromatic carbocycles. The van der Waals surface area contributed by atoms with Crippen LogP contribution in [0.5, 0.6) is 0 Å². The second-order valence-corrected chi connectivity index (χ2v) is 7.98. The minimum atomic E-state index is -0.0651. The van der Waals surface area contributed by atoms with Gasteiger partial charge in [-0.15, -0.1) is 11.8 Å². The summed E-state index contributed by atoms with van der Waals surface area (Å²) in [4.78, 5) is 19.5. The van der Waals surface area contributed by atoms with E-state index < -0.39 is 0 Å². The molecule has 126 valence electrons. The second-order valence-electron chi connectivity index (χ2n) is 6.55. The van der Waals surface area contributed by atoms with Crippen molar-refractivity contribution in [2.75, 3.05) is 4.90 Å². The lowest BCUT2D eigenvalue weighted by Crippen LogP contribution is -2.30. The summed E-state index contributed by atoms with van der Waals surface area (Å²) in [5.41, 5.74) is 5.39. The Kier molecular flexibility index (Phi) is 4.00. The van der Waals surface area contributed by atoms with Crippen molar-refractivity contribution in [3.05, 3.63) is 71.4 Å². The van der Waals surface area contributed by atoms with Gasteiger partial charge in [0.05, 0.1) is 10.8 Å². The van der Waals surface area contributed by atoms with E-state index >= 15 is 0 Å². The third-order valence-corrected chi connectivity index (χ3v) is 6.03. The minimum absolute atomic E-state index is 0.0532. The molecular formula is C21H20N2OS. The van der Waals surface area contributed by atoms with Gasteiger partial charge in [-0.1, -0.05) is 42.0 Å². The normalized spacial score (nSPS) is 20.4. The monoisotopic (exact) mass is 348 g/mol. The summed E-state index contributed by atoms with van der Waals surface area (Å²) in [5.74, 6) is 0.162. The van der Waals surface area contributed by atoms with E-state index in [0.29, 0.717) is 0 Å². The fourth-order valence-corrected chi connectivity index (χ4v) is 4.78. The minimum Gasteiger partial charge on any atom is -0.294 e. The van der Waals surface area contributed by atoms with Crippen LogP contribution >= 0.6 is 11.8 Å². The Bertz CT molecular complexity index is 964. The van der Waals surface area contributed by atoms with Gasteiger partial charge >= 0.3 is 0 Å². The summed E-state index contributed by atoms with van der Waals surface area (Å²) >= 11 is 1.69. The van der Waals surface area contributed by atoms with Crippen molar-refractivity contribution in [1.82, 2.24) is 4.98 Å². The molecule has 1 aromatic heterocycles. The van der Waals surface area contributed by atoms with Crippen molar-refractivity contribution in [2.24, 2.45) is 0 Å². The van der Waals surface area contributed by atoms with Crippen LogP contribution < -0.4 is 4.90 Å². The molecule has 1 fully saturated rings. The molecular weight excluding hydrogens is 328 g/mol. The summed E-state index contributed by atoms with van der Waals surface area (Å²) in [6.07, 6.45) is 1.82. The Hall–Kier alpha value is -2.33. The highest BCUT2D eigenvalue weighted by atomic mass is 32.2. The third kappa shape index (κ3) is 2.71. The first kappa shape index (κ1) is 16.2. The molecule has 2 atom stereocenters.